The van der Waals surface area contributed by atoms with Crippen LogP contribution in [0.15, 0.2) is 4.42 Å². The van der Waals surface area contributed by atoms with E-state index in [1.165, 1.54) is 0 Å². The number of halogens is 3. The van der Waals surface area contributed by atoms with Crippen molar-refractivity contribution in [2.24, 2.45) is 0 Å². The Morgan fingerprint density at radius 1 is 1.35 bits per heavy atom. The number of rotatable bonds is 3. The molecule has 0 radical (unpaired) electrons. The highest BCUT2D eigenvalue weighted by Crippen LogP contribution is 2.39. The van der Waals surface area contributed by atoms with Crippen LogP contribution in [0.25, 0.3) is 0 Å². The molecule has 2 heterocycles. The third kappa shape index (κ3) is 2.80. The Morgan fingerprint density at radius 2 is 1.95 bits per heavy atom. The molecule has 1 saturated heterocycles. The number of alkyl halides is 3. The van der Waals surface area contributed by atoms with Gasteiger partial charge in [0.05, 0.1) is 6.04 Å². The third-order valence-electron chi connectivity index (χ3n) is 3.84. The standard InChI is InChI=1S/C12H18F3N3O2/c1-3-9-16-17-10(20-9)8(2)18-6-4-11(19,5-7-18)12(13,14)15/h8,19H,3-7H2,1-2H3. The van der Waals surface area contributed by atoms with Gasteiger partial charge in [-0.25, -0.2) is 0 Å². The molecule has 1 aromatic rings. The molecule has 0 spiro atoms. The minimum atomic E-state index is -4.58. The summed E-state index contributed by atoms with van der Waals surface area (Å²) in [6.45, 7) is 3.97. The Balaban J connectivity index is 2.00. The number of nitrogens with zero attached hydrogens (tertiary/aromatic N) is 3. The lowest BCUT2D eigenvalue weighted by molar-refractivity contribution is -0.273. The highest BCUT2D eigenvalue weighted by Gasteiger charge is 2.54. The van der Waals surface area contributed by atoms with Crippen molar-refractivity contribution in [1.29, 1.82) is 0 Å². The van der Waals surface area contributed by atoms with E-state index in [4.69, 9.17) is 4.42 Å². The fourth-order valence-electron chi connectivity index (χ4n) is 2.30. The van der Waals surface area contributed by atoms with Crippen LogP contribution in [0.2, 0.25) is 0 Å². The van der Waals surface area contributed by atoms with Gasteiger partial charge in [0, 0.05) is 19.5 Å². The Morgan fingerprint density at radius 3 is 2.40 bits per heavy atom. The summed E-state index contributed by atoms with van der Waals surface area (Å²) in [4.78, 5) is 1.81. The second kappa shape index (κ2) is 5.33. The molecule has 1 aromatic heterocycles. The van der Waals surface area contributed by atoms with Gasteiger partial charge in [-0.15, -0.1) is 10.2 Å². The number of piperidine rings is 1. The second-order valence-electron chi connectivity index (χ2n) is 5.13. The number of aliphatic hydroxyl groups is 1. The molecule has 1 N–H and O–H groups in total. The van der Waals surface area contributed by atoms with E-state index < -0.39 is 11.8 Å². The van der Waals surface area contributed by atoms with E-state index in [9.17, 15) is 18.3 Å². The van der Waals surface area contributed by atoms with E-state index in [1.807, 2.05) is 18.7 Å². The average Bonchev–Trinajstić information content (AvgIpc) is 2.86. The molecule has 0 saturated carbocycles. The van der Waals surface area contributed by atoms with E-state index in [-0.39, 0.29) is 32.0 Å². The maximum absolute atomic E-state index is 12.7. The summed E-state index contributed by atoms with van der Waals surface area (Å²) in [6, 6.07) is -0.249. The Hall–Kier alpha value is -1.15. The van der Waals surface area contributed by atoms with Crippen LogP contribution in [0.3, 0.4) is 0 Å². The SMILES string of the molecule is CCc1nnc(C(C)N2CCC(O)(C(F)(F)F)CC2)o1. The molecule has 1 fully saturated rings. The van der Waals surface area contributed by atoms with Crippen molar-refractivity contribution in [2.75, 3.05) is 13.1 Å². The van der Waals surface area contributed by atoms with Crippen molar-refractivity contribution < 1.29 is 22.7 Å². The van der Waals surface area contributed by atoms with Crippen molar-refractivity contribution in [3.63, 3.8) is 0 Å². The van der Waals surface area contributed by atoms with Gasteiger partial charge in [0.1, 0.15) is 0 Å². The summed E-state index contributed by atoms with van der Waals surface area (Å²) in [5.74, 6) is 0.912. The first-order chi connectivity index (χ1) is 9.27. The summed E-state index contributed by atoms with van der Waals surface area (Å²) in [5.41, 5.74) is -2.58. The number of hydrogen-bond acceptors (Lipinski definition) is 5. The molecule has 0 bridgehead atoms. The van der Waals surface area contributed by atoms with Gasteiger partial charge >= 0.3 is 6.18 Å². The lowest BCUT2D eigenvalue weighted by Gasteiger charge is -2.40. The predicted octanol–water partition coefficient (Wildman–Crippen LogP) is 2.08. The second-order valence-corrected chi connectivity index (χ2v) is 5.13. The summed E-state index contributed by atoms with van der Waals surface area (Å²) in [6.07, 6.45) is -4.64. The fraction of sp³-hybridized carbons (Fsp3) is 0.833. The van der Waals surface area contributed by atoms with Gasteiger partial charge in [0.2, 0.25) is 11.8 Å². The van der Waals surface area contributed by atoms with Crippen molar-refractivity contribution in [3.05, 3.63) is 11.8 Å². The lowest BCUT2D eigenvalue weighted by Crippen LogP contribution is -2.53. The summed E-state index contributed by atoms with van der Waals surface area (Å²) in [7, 11) is 0. The van der Waals surface area contributed by atoms with Crippen molar-refractivity contribution >= 4 is 0 Å². The maximum atomic E-state index is 12.7. The van der Waals surface area contributed by atoms with Crippen LogP contribution in [0.5, 0.6) is 0 Å². The van der Waals surface area contributed by atoms with Crippen LogP contribution in [-0.2, 0) is 6.42 Å². The van der Waals surface area contributed by atoms with E-state index in [2.05, 4.69) is 10.2 Å². The Labute approximate surface area is 114 Å². The van der Waals surface area contributed by atoms with Crippen molar-refractivity contribution in [2.45, 2.75) is 50.9 Å². The van der Waals surface area contributed by atoms with Crippen LogP contribution >= 0.6 is 0 Å². The topological polar surface area (TPSA) is 62.4 Å². The molecule has 1 atom stereocenters. The molecule has 2 rings (SSSR count). The Kier molecular flexibility index (Phi) is 4.06. The van der Waals surface area contributed by atoms with Crippen LogP contribution in [-0.4, -0.2) is 45.1 Å². The molecular formula is C12H18F3N3O2. The number of likely N-dealkylation sites (tertiary alicyclic amines) is 1. The zero-order valence-corrected chi connectivity index (χ0v) is 11.4. The molecular weight excluding hydrogens is 275 g/mol. The highest BCUT2D eigenvalue weighted by atomic mass is 19.4. The van der Waals surface area contributed by atoms with Crippen molar-refractivity contribution in [1.82, 2.24) is 15.1 Å². The van der Waals surface area contributed by atoms with Gasteiger partial charge in [-0.05, 0) is 19.8 Å². The third-order valence-corrected chi connectivity index (χ3v) is 3.84. The molecule has 1 unspecified atom stereocenters. The Bertz CT molecular complexity index is 453. The fourth-order valence-corrected chi connectivity index (χ4v) is 2.30. The zero-order chi connectivity index (χ0) is 15.0. The van der Waals surface area contributed by atoms with Crippen LogP contribution in [0.4, 0.5) is 13.2 Å². The molecule has 114 valence electrons. The number of aromatic nitrogens is 2. The summed E-state index contributed by atoms with van der Waals surface area (Å²) < 4.78 is 43.6. The van der Waals surface area contributed by atoms with Gasteiger partial charge in [-0.1, -0.05) is 6.92 Å². The average molecular weight is 293 g/mol. The zero-order valence-electron chi connectivity index (χ0n) is 11.4. The molecule has 0 amide bonds. The largest absolute Gasteiger partial charge is 0.424 e. The minimum Gasteiger partial charge on any atom is -0.424 e. The first-order valence-corrected chi connectivity index (χ1v) is 6.62. The van der Waals surface area contributed by atoms with Gasteiger partial charge in [-0.3, -0.25) is 4.90 Å². The molecule has 0 aliphatic carbocycles. The molecule has 1 aliphatic rings. The maximum Gasteiger partial charge on any atom is 0.417 e. The van der Waals surface area contributed by atoms with Crippen LogP contribution in [0.1, 0.15) is 44.5 Å². The van der Waals surface area contributed by atoms with E-state index in [1.54, 1.807) is 0 Å². The normalized spacial score (nSPS) is 21.9. The first kappa shape index (κ1) is 15.2. The van der Waals surface area contributed by atoms with E-state index in [0.29, 0.717) is 18.2 Å². The number of aryl methyl sites for hydroxylation is 1. The predicted molar refractivity (Wildman–Crippen MR) is 63.9 cm³/mol. The molecule has 20 heavy (non-hydrogen) atoms. The van der Waals surface area contributed by atoms with E-state index >= 15 is 0 Å². The first-order valence-electron chi connectivity index (χ1n) is 6.62. The van der Waals surface area contributed by atoms with Crippen LogP contribution < -0.4 is 0 Å². The van der Waals surface area contributed by atoms with Crippen molar-refractivity contribution in [3.8, 4) is 0 Å². The molecule has 1 aliphatic heterocycles. The van der Waals surface area contributed by atoms with Gasteiger partial charge in [0.25, 0.3) is 0 Å². The highest BCUT2D eigenvalue weighted by molar-refractivity contribution is 4.96. The molecule has 8 heteroatoms. The minimum absolute atomic E-state index is 0.140. The van der Waals surface area contributed by atoms with Crippen LogP contribution in [0, 0.1) is 0 Å². The molecule has 5 nitrogen and oxygen atoms in total. The van der Waals surface area contributed by atoms with Gasteiger partial charge < -0.3 is 9.52 Å². The quantitative estimate of drug-likeness (QED) is 0.924. The monoisotopic (exact) mass is 293 g/mol. The molecule has 0 aromatic carbocycles. The summed E-state index contributed by atoms with van der Waals surface area (Å²) >= 11 is 0. The van der Waals surface area contributed by atoms with E-state index in [0.717, 1.165) is 0 Å². The van der Waals surface area contributed by atoms with Gasteiger partial charge in [0.15, 0.2) is 5.60 Å². The number of hydrogen-bond donors (Lipinski definition) is 1. The summed E-state index contributed by atoms with van der Waals surface area (Å²) in [5, 5.41) is 17.4. The lowest BCUT2D eigenvalue weighted by atomic mass is 9.90. The smallest absolute Gasteiger partial charge is 0.417 e. The van der Waals surface area contributed by atoms with Gasteiger partial charge in [-0.2, -0.15) is 13.2 Å².